The van der Waals surface area contributed by atoms with Crippen molar-refractivity contribution in [1.82, 2.24) is 0 Å². The Labute approximate surface area is 141 Å². The molecular formula is C16H13BrCl2O2. The molecule has 0 saturated heterocycles. The van der Waals surface area contributed by atoms with Crippen molar-refractivity contribution < 1.29 is 9.84 Å². The van der Waals surface area contributed by atoms with E-state index in [2.05, 4.69) is 15.9 Å². The highest BCUT2D eigenvalue weighted by Crippen LogP contribution is 2.37. The van der Waals surface area contributed by atoms with Crippen LogP contribution in [0.25, 0.3) is 0 Å². The van der Waals surface area contributed by atoms with E-state index in [-0.39, 0.29) is 0 Å². The number of rotatable bonds is 3. The fourth-order valence-corrected chi connectivity index (χ4v) is 3.39. The van der Waals surface area contributed by atoms with E-state index in [0.29, 0.717) is 23.1 Å². The van der Waals surface area contributed by atoms with Crippen molar-refractivity contribution in [2.45, 2.75) is 18.9 Å². The van der Waals surface area contributed by atoms with Crippen LogP contribution < -0.4 is 4.74 Å². The van der Waals surface area contributed by atoms with Crippen molar-refractivity contribution in [2.24, 2.45) is 0 Å². The minimum atomic E-state index is -0.647. The molecule has 2 aromatic rings. The lowest BCUT2D eigenvalue weighted by molar-refractivity contribution is 0.173. The topological polar surface area (TPSA) is 29.5 Å². The van der Waals surface area contributed by atoms with Crippen molar-refractivity contribution in [3.63, 3.8) is 0 Å². The average Bonchev–Trinajstić information content (AvgIpc) is 2.90. The van der Waals surface area contributed by atoms with Crippen LogP contribution in [0.2, 0.25) is 10.0 Å². The third kappa shape index (κ3) is 3.21. The quantitative estimate of drug-likeness (QED) is 0.805. The number of halogens is 3. The van der Waals surface area contributed by atoms with Crippen molar-refractivity contribution >= 4 is 39.1 Å². The molecule has 1 N–H and O–H groups in total. The second kappa shape index (κ2) is 6.17. The van der Waals surface area contributed by atoms with E-state index in [1.54, 1.807) is 12.1 Å². The monoisotopic (exact) mass is 386 g/mol. The molecule has 0 aliphatic carbocycles. The summed E-state index contributed by atoms with van der Waals surface area (Å²) in [5, 5.41) is 11.6. The van der Waals surface area contributed by atoms with Gasteiger partial charge in [0.1, 0.15) is 5.75 Å². The van der Waals surface area contributed by atoms with Gasteiger partial charge in [0.15, 0.2) is 0 Å². The van der Waals surface area contributed by atoms with Gasteiger partial charge in [0.2, 0.25) is 0 Å². The van der Waals surface area contributed by atoms with Gasteiger partial charge in [-0.15, -0.1) is 0 Å². The van der Waals surface area contributed by atoms with Crippen LogP contribution in [0.4, 0.5) is 0 Å². The summed E-state index contributed by atoms with van der Waals surface area (Å²) in [6.07, 6.45) is 0.691. The number of aliphatic hydroxyl groups is 1. The Morgan fingerprint density at radius 1 is 1.19 bits per heavy atom. The van der Waals surface area contributed by atoms with Crippen LogP contribution in [0.5, 0.6) is 5.75 Å². The van der Waals surface area contributed by atoms with E-state index < -0.39 is 6.10 Å². The average molecular weight is 388 g/mol. The van der Waals surface area contributed by atoms with E-state index in [1.165, 1.54) is 0 Å². The summed E-state index contributed by atoms with van der Waals surface area (Å²) in [6, 6.07) is 9.35. The van der Waals surface area contributed by atoms with Crippen LogP contribution in [0.3, 0.4) is 0 Å². The maximum absolute atomic E-state index is 10.5. The predicted molar refractivity (Wildman–Crippen MR) is 88.5 cm³/mol. The van der Waals surface area contributed by atoms with Crippen molar-refractivity contribution in [1.29, 1.82) is 0 Å². The molecule has 5 heteroatoms. The third-order valence-corrected chi connectivity index (χ3v) is 4.75. The highest BCUT2D eigenvalue weighted by atomic mass is 79.9. The van der Waals surface area contributed by atoms with Gasteiger partial charge in [0, 0.05) is 22.9 Å². The fraction of sp³-hybridized carbons (Fsp3) is 0.250. The molecule has 0 spiro atoms. The van der Waals surface area contributed by atoms with Crippen LogP contribution in [0.1, 0.15) is 22.8 Å². The zero-order chi connectivity index (χ0) is 15.0. The van der Waals surface area contributed by atoms with Crippen LogP contribution in [0, 0.1) is 0 Å². The Balaban J connectivity index is 1.89. The van der Waals surface area contributed by atoms with Crippen molar-refractivity contribution in [3.8, 4) is 5.75 Å². The molecule has 1 aliphatic heterocycles. The molecular weight excluding hydrogens is 375 g/mol. The molecule has 1 unspecified atom stereocenters. The van der Waals surface area contributed by atoms with E-state index >= 15 is 0 Å². The molecule has 3 rings (SSSR count). The standard InChI is InChI=1S/C16H13BrCl2O2/c17-11-7-10-3-4-21-16(10)12(8-11)15(20)6-9-1-2-13(18)14(19)5-9/h1-2,5,7-8,15,20H,3-4,6H2. The van der Waals surface area contributed by atoms with Gasteiger partial charge in [0.05, 0.1) is 22.8 Å². The molecule has 0 bridgehead atoms. The summed E-state index contributed by atoms with van der Waals surface area (Å²) in [4.78, 5) is 0. The first kappa shape index (κ1) is 15.2. The summed E-state index contributed by atoms with van der Waals surface area (Å²) in [6.45, 7) is 0.665. The van der Waals surface area contributed by atoms with Gasteiger partial charge >= 0.3 is 0 Å². The first-order chi connectivity index (χ1) is 10.0. The highest BCUT2D eigenvalue weighted by molar-refractivity contribution is 9.10. The predicted octanol–water partition coefficient (Wildman–Crippen LogP) is 4.97. The van der Waals surface area contributed by atoms with Crippen LogP contribution in [0.15, 0.2) is 34.8 Å². The molecule has 0 aromatic heterocycles. The van der Waals surface area contributed by atoms with Gasteiger partial charge in [-0.2, -0.15) is 0 Å². The van der Waals surface area contributed by atoms with Gasteiger partial charge in [0.25, 0.3) is 0 Å². The molecule has 0 saturated carbocycles. The van der Waals surface area contributed by atoms with Crippen molar-refractivity contribution in [3.05, 3.63) is 61.5 Å². The number of hydrogen-bond donors (Lipinski definition) is 1. The summed E-state index contributed by atoms with van der Waals surface area (Å²) in [5.74, 6) is 0.811. The minimum Gasteiger partial charge on any atom is -0.493 e. The second-order valence-corrected chi connectivity index (χ2v) is 6.78. The molecule has 1 heterocycles. The van der Waals surface area contributed by atoms with E-state index in [0.717, 1.165) is 33.3 Å². The normalized spacial score (nSPS) is 14.7. The fourth-order valence-electron chi connectivity index (χ4n) is 2.55. The van der Waals surface area contributed by atoms with Gasteiger partial charge in [-0.25, -0.2) is 0 Å². The number of ether oxygens (including phenoxy) is 1. The molecule has 1 aliphatic rings. The second-order valence-electron chi connectivity index (χ2n) is 5.05. The lowest BCUT2D eigenvalue weighted by Gasteiger charge is -2.16. The minimum absolute atomic E-state index is 0.461. The van der Waals surface area contributed by atoms with Crippen LogP contribution in [-0.4, -0.2) is 11.7 Å². The van der Waals surface area contributed by atoms with E-state index in [4.69, 9.17) is 27.9 Å². The summed E-state index contributed by atoms with van der Waals surface area (Å²) in [7, 11) is 0. The van der Waals surface area contributed by atoms with Crippen LogP contribution >= 0.6 is 39.1 Å². The lowest BCUT2D eigenvalue weighted by Crippen LogP contribution is -2.04. The highest BCUT2D eigenvalue weighted by Gasteiger charge is 2.22. The lowest BCUT2D eigenvalue weighted by atomic mass is 9.98. The first-order valence-electron chi connectivity index (χ1n) is 6.61. The van der Waals surface area contributed by atoms with E-state index in [9.17, 15) is 5.11 Å². The third-order valence-electron chi connectivity index (χ3n) is 3.55. The molecule has 110 valence electrons. The van der Waals surface area contributed by atoms with E-state index in [1.807, 2.05) is 18.2 Å². The van der Waals surface area contributed by atoms with Gasteiger partial charge < -0.3 is 9.84 Å². The number of fused-ring (bicyclic) bond motifs is 1. The number of hydrogen-bond acceptors (Lipinski definition) is 2. The first-order valence-corrected chi connectivity index (χ1v) is 8.16. The maximum atomic E-state index is 10.5. The molecule has 0 fully saturated rings. The summed E-state index contributed by atoms with van der Waals surface area (Å²) in [5.41, 5.74) is 2.87. The number of aliphatic hydroxyl groups excluding tert-OH is 1. The molecule has 0 amide bonds. The molecule has 0 radical (unpaired) electrons. The Kier molecular flexibility index (Phi) is 4.46. The zero-order valence-electron chi connectivity index (χ0n) is 11.1. The maximum Gasteiger partial charge on any atom is 0.128 e. The summed E-state index contributed by atoms with van der Waals surface area (Å²) < 4.78 is 6.61. The van der Waals surface area contributed by atoms with Gasteiger partial charge in [-0.3, -0.25) is 0 Å². The SMILES string of the molecule is OC(Cc1ccc(Cl)c(Cl)c1)c1cc(Br)cc2c1OCC2. The summed E-state index contributed by atoms with van der Waals surface area (Å²) >= 11 is 15.4. The Hall–Kier alpha value is -0.740. The van der Waals surface area contributed by atoms with Crippen LogP contribution in [-0.2, 0) is 12.8 Å². The zero-order valence-corrected chi connectivity index (χ0v) is 14.2. The smallest absolute Gasteiger partial charge is 0.128 e. The molecule has 2 nitrogen and oxygen atoms in total. The Morgan fingerprint density at radius 3 is 2.76 bits per heavy atom. The molecule has 1 atom stereocenters. The van der Waals surface area contributed by atoms with Gasteiger partial charge in [-0.1, -0.05) is 45.2 Å². The number of benzene rings is 2. The Bertz CT molecular complexity index is 688. The van der Waals surface area contributed by atoms with Gasteiger partial charge in [-0.05, 0) is 35.4 Å². The Morgan fingerprint density at radius 2 is 2.00 bits per heavy atom. The van der Waals surface area contributed by atoms with Crippen molar-refractivity contribution in [2.75, 3.05) is 6.61 Å². The molecule has 21 heavy (non-hydrogen) atoms. The largest absolute Gasteiger partial charge is 0.493 e. The molecule has 2 aromatic carbocycles.